The lowest BCUT2D eigenvalue weighted by molar-refractivity contribution is 1.24. The first-order chi connectivity index (χ1) is 25.6. The number of anilines is 6. The molecule has 4 heteroatoms. The molecular weight excluding hydrogens is 669 g/mol. The number of rotatable bonds is 6. The molecule has 0 amide bonds. The van der Waals surface area contributed by atoms with E-state index >= 15 is 0 Å². The Morgan fingerprint density at radius 1 is 0.308 bits per heavy atom. The Bertz CT molecular complexity index is 2480. The maximum atomic E-state index is 2.37. The summed E-state index contributed by atoms with van der Waals surface area (Å²) in [5, 5.41) is 2.73. The fraction of sp³-hybridized carbons (Fsp3) is 0.0417. The molecule has 0 bridgehead atoms. The quantitative estimate of drug-likeness (QED) is 0.170. The smallest absolute Gasteiger partial charge is 0.0473 e. The van der Waals surface area contributed by atoms with Gasteiger partial charge in [-0.15, -0.1) is 0 Å². The molecule has 0 aromatic heterocycles. The van der Waals surface area contributed by atoms with Crippen LogP contribution < -0.4 is 9.80 Å². The molecule has 0 aliphatic carbocycles. The third kappa shape index (κ3) is 5.21. The second kappa shape index (κ2) is 12.5. The predicted octanol–water partition coefficient (Wildman–Crippen LogP) is 14.7. The summed E-state index contributed by atoms with van der Waals surface area (Å²) in [6.45, 7) is 4.32. The summed E-state index contributed by atoms with van der Waals surface area (Å²) in [4.78, 5) is 9.93. The van der Waals surface area contributed by atoms with E-state index in [1.165, 1.54) is 63.7 Å². The van der Waals surface area contributed by atoms with Crippen LogP contribution >= 0.6 is 23.5 Å². The normalized spacial score (nSPS) is 12.3. The van der Waals surface area contributed by atoms with Crippen molar-refractivity contribution in [1.29, 1.82) is 0 Å². The lowest BCUT2D eigenvalue weighted by Gasteiger charge is -2.30. The average molecular weight is 703 g/mol. The molecule has 2 nitrogen and oxygen atoms in total. The number of hydrogen-bond acceptors (Lipinski definition) is 4. The van der Waals surface area contributed by atoms with Crippen LogP contribution in [0.2, 0.25) is 0 Å². The van der Waals surface area contributed by atoms with Crippen molar-refractivity contribution in [1.82, 2.24) is 0 Å². The van der Waals surface area contributed by atoms with E-state index in [0.717, 1.165) is 34.1 Å². The molecule has 0 spiro atoms. The first-order valence-electron chi connectivity index (χ1n) is 17.7. The molecule has 10 rings (SSSR count). The zero-order valence-corrected chi connectivity index (χ0v) is 30.5. The summed E-state index contributed by atoms with van der Waals surface area (Å²) >= 11 is 3.79. The maximum Gasteiger partial charge on any atom is 0.0473 e. The highest BCUT2D eigenvalue weighted by atomic mass is 32.2. The van der Waals surface area contributed by atoms with Crippen LogP contribution in [0.15, 0.2) is 189 Å². The van der Waals surface area contributed by atoms with Gasteiger partial charge in [-0.3, -0.25) is 0 Å². The van der Waals surface area contributed by atoms with Crippen molar-refractivity contribution in [2.45, 2.75) is 33.4 Å². The number of para-hydroxylation sites is 2. The first-order valence-corrected chi connectivity index (χ1v) is 19.3. The number of nitrogens with zero attached hydrogens (tertiary/aromatic N) is 2. The van der Waals surface area contributed by atoms with E-state index in [1.807, 2.05) is 23.5 Å². The molecule has 2 aliphatic rings. The SMILES string of the molecule is Cc1cccc(N(c2ccccc2)c2ccc3c(c2)Sc2ccc4c5c(ccc-3c25)-c2ccc(N(c3ccccc3)c3cccc(C)c3)cc2S4)c1. The van der Waals surface area contributed by atoms with Gasteiger partial charge < -0.3 is 9.80 Å². The van der Waals surface area contributed by atoms with E-state index in [9.17, 15) is 0 Å². The molecule has 248 valence electrons. The van der Waals surface area contributed by atoms with Gasteiger partial charge in [-0.2, -0.15) is 0 Å². The zero-order valence-electron chi connectivity index (χ0n) is 28.9. The molecule has 0 saturated heterocycles. The Hall–Kier alpha value is -5.68. The number of hydrogen-bond donors (Lipinski definition) is 0. The second-order valence-electron chi connectivity index (χ2n) is 13.6. The zero-order chi connectivity index (χ0) is 34.8. The number of benzene rings is 8. The molecule has 8 aromatic rings. The van der Waals surface area contributed by atoms with E-state index in [1.54, 1.807) is 0 Å². The molecule has 0 radical (unpaired) electrons. The van der Waals surface area contributed by atoms with E-state index in [2.05, 4.69) is 194 Å². The van der Waals surface area contributed by atoms with Crippen LogP contribution in [-0.2, 0) is 0 Å². The third-order valence-corrected chi connectivity index (χ3v) is 12.3. The minimum Gasteiger partial charge on any atom is -0.310 e. The van der Waals surface area contributed by atoms with Crippen molar-refractivity contribution in [3.63, 3.8) is 0 Å². The predicted molar refractivity (Wildman–Crippen MR) is 222 cm³/mol. The van der Waals surface area contributed by atoms with E-state index < -0.39 is 0 Å². The molecule has 2 aliphatic heterocycles. The van der Waals surface area contributed by atoms with Crippen molar-refractivity contribution in [2.75, 3.05) is 9.80 Å². The minimum absolute atomic E-state index is 1.15. The van der Waals surface area contributed by atoms with Crippen molar-refractivity contribution in [3.8, 4) is 22.3 Å². The first kappa shape index (κ1) is 31.1. The van der Waals surface area contributed by atoms with Crippen molar-refractivity contribution in [3.05, 3.63) is 181 Å². The van der Waals surface area contributed by atoms with Crippen LogP contribution in [0, 0.1) is 13.8 Å². The Labute approximate surface area is 313 Å². The van der Waals surface area contributed by atoms with Gasteiger partial charge in [-0.1, -0.05) is 108 Å². The fourth-order valence-corrected chi connectivity index (χ4v) is 10.1. The van der Waals surface area contributed by atoms with Crippen LogP contribution in [0.5, 0.6) is 0 Å². The lowest BCUT2D eigenvalue weighted by atomic mass is 9.91. The highest BCUT2D eigenvalue weighted by Gasteiger charge is 2.28. The Kier molecular flexibility index (Phi) is 7.49. The molecule has 0 unspecified atom stereocenters. The van der Waals surface area contributed by atoms with Gasteiger partial charge in [0.25, 0.3) is 0 Å². The number of aryl methyl sites for hydroxylation is 2. The largest absolute Gasteiger partial charge is 0.310 e. The standard InChI is InChI=1S/C48H34N2S2/c1-31-11-9-17-35(27-31)49(33-13-5-3-6-14-33)37-19-21-39-41-23-24-42-40-22-20-38(50(34-15-7-4-8-16-34)36-18-10-12-32(2)28-36)30-46(40)52-44-26-25-43(47(41)48(42)44)51-45(39)29-37/h3-30H,1-2H3. The van der Waals surface area contributed by atoms with Crippen LogP contribution in [-0.4, -0.2) is 0 Å². The summed E-state index contributed by atoms with van der Waals surface area (Å²) in [5.74, 6) is 0. The molecule has 0 atom stereocenters. The van der Waals surface area contributed by atoms with Gasteiger partial charge in [-0.05, 0) is 132 Å². The van der Waals surface area contributed by atoms with Gasteiger partial charge in [0.1, 0.15) is 0 Å². The van der Waals surface area contributed by atoms with Gasteiger partial charge in [-0.25, -0.2) is 0 Å². The van der Waals surface area contributed by atoms with Crippen LogP contribution in [0.3, 0.4) is 0 Å². The summed E-state index contributed by atoms with van der Waals surface area (Å²) in [7, 11) is 0. The molecular formula is C48H34N2S2. The van der Waals surface area contributed by atoms with Crippen molar-refractivity contribution < 1.29 is 0 Å². The summed E-state index contributed by atoms with van der Waals surface area (Å²) < 4.78 is 0. The topological polar surface area (TPSA) is 6.48 Å². The highest BCUT2D eigenvalue weighted by Crippen LogP contribution is 2.57. The summed E-state index contributed by atoms with van der Waals surface area (Å²) in [6, 6.07) is 62.2. The Morgan fingerprint density at radius 2 is 0.692 bits per heavy atom. The van der Waals surface area contributed by atoms with Gasteiger partial charge in [0, 0.05) is 64.5 Å². The van der Waals surface area contributed by atoms with Crippen LogP contribution in [0.1, 0.15) is 11.1 Å². The number of fused-ring (bicyclic) bond motifs is 4. The third-order valence-electron chi connectivity index (χ3n) is 10.1. The average Bonchev–Trinajstić information content (AvgIpc) is 3.17. The highest BCUT2D eigenvalue weighted by molar-refractivity contribution is 8.00. The molecule has 52 heavy (non-hydrogen) atoms. The Balaban J connectivity index is 1.07. The minimum atomic E-state index is 1.15. The van der Waals surface area contributed by atoms with Gasteiger partial charge in [0.05, 0.1) is 0 Å². The monoisotopic (exact) mass is 702 g/mol. The van der Waals surface area contributed by atoms with Crippen molar-refractivity contribution in [2.24, 2.45) is 0 Å². The van der Waals surface area contributed by atoms with Crippen LogP contribution in [0.25, 0.3) is 33.0 Å². The Morgan fingerprint density at radius 3 is 1.12 bits per heavy atom. The second-order valence-corrected chi connectivity index (χ2v) is 15.7. The van der Waals surface area contributed by atoms with Gasteiger partial charge in [0.15, 0.2) is 0 Å². The summed E-state index contributed by atoms with van der Waals surface area (Å²) in [6.07, 6.45) is 0. The molecule has 0 N–H and O–H groups in total. The molecule has 0 saturated carbocycles. The summed E-state index contributed by atoms with van der Waals surface area (Å²) in [5.41, 5.74) is 14.7. The molecule has 2 heterocycles. The molecule has 8 aromatic carbocycles. The van der Waals surface area contributed by atoms with Gasteiger partial charge >= 0.3 is 0 Å². The van der Waals surface area contributed by atoms with Crippen molar-refractivity contribution >= 4 is 68.4 Å². The van der Waals surface area contributed by atoms with E-state index in [4.69, 9.17) is 0 Å². The van der Waals surface area contributed by atoms with Gasteiger partial charge in [0.2, 0.25) is 0 Å². The maximum absolute atomic E-state index is 2.37. The van der Waals surface area contributed by atoms with Crippen LogP contribution in [0.4, 0.5) is 34.1 Å². The molecule has 0 fully saturated rings. The van der Waals surface area contributed by atoms with E-state index in [-0.39, 0.29) is 0 Å². The fourth-order valence-electron chi connectivity index (χ4n) is 7.79. The lowest BCUT2D eigenvalue weighted by Crippen LogP contribution is -2.10. The van der Waals surface area contributed by atoms with E-state index in [0.29, 0.717) is 0 Å².